The molecule has 0 saturated carbocycles. The predicted molar refractivity (Wildman–Crippen MR) is 45.1 cm³/mol. The van der Waals surface area contributed by atoms with Crippen molar-refractivity contribution in [2.45, 2.75) is 10.9 Å². The van der Waals surface area contributed by atoms with Gasteiger partial charge >= 0.3 is 11.9 Å². The third kappa shape index (κ3) is 4.95. The Labute approximate surface area is 80.6 Å². The van der Waals surface area contributed by atoms with E-state index < -0.39 is 22.8 Å². The second kappa shape index (κ2) is 6.05. The van der Waals surface area contributed by atoms with Gasteiger partial charge in [0.2, 0.25) is 10.9 Å². The zero-order valence-corrected chi connectivity index (χ0v) is 7.75. The smallest absolute Gasteiger partial charge is 0.364 e. The molecule has 0 aromatic carbocycles. The highest BCUT2D eigenvalue weighted by Crippen LogP contribution is 2.29. The Bertz CT molecular complexity index is 199. The first-order chi connectivity index (χ1) is 5.99. The van der Waals surface area contributed by atoms with Crippen molar-refractivity contribution in [3.8, 4) is 0 Å². The Hall–Kier alpha value is -0.480. The second-order valence-corrected chi connectivity index (χ2v) is 4.10. The van der Waals surface area contributed by atoms with Crippen molar-refractivity contribution in [3.63, 3.8) is 0 Å². The molecule has 2 atom stereocenters. The molecule has 0 aliphatic heterocycles. The van der Waals surface area contributed by atoms with Crippen LogP contribution in [0.25, 0.3) is 0 Å². The predicted octanol–water partition coefficient (Wildman–Crippen LogP) is -1.49. The number of carbonyl (C=O) groups is 2. The Morgan fingerprint density at radius 3 is 2.08 bits per heavy atom. The van der Waals surface area contributed by atoms with E-state index in [-0.39, 0.29) is 0 Å². The van der Waals surface area contributed by atoms with Crippen molar-refractivity contribution in [1.82, 2.24) is 0 Å². The van der Waals surface area contributed by atoms with Gasteiger partial charge in [-0.1, -0.05) is 0 Å². The fraction of sp³-hybridized carbons (Fsp3) is 0.500. The van der Waals surface area contributed by atoms with Crippen LogP contribution in [0.4, 0.5) is 0 Å². The van der Waals surface area contributed by atoms with Gasteiger partial charge in [-0.25, -0.2) is 9.59 Å². The van der Waals surface area contributed by atoms with E-state index in [1.807, 2.05) is 0 Å². The second-order valence-electron chi connectivity index (χ2n) is 1.67. The van der Waals surface area contributed by atoms with E-state index in [9.17, 15) is 9.59 Å². The monoisotopic (exact) mass is 229 g/mol. The maximum absolute atomic E-state index is 10.4. The molecule has 0 aromatic heterocycles. The van der Waals surface area contributed by atoms with Gasteiger partial charge in [0.25, 0.3) is 0 Å². The third-order valence-electron chi connectivity index (χ3n) is 0.767. The van der Waals surface area contributed by atoms with Crippen LogP contribution >= 0.6 is 21.6 Å². The summed E-state index contributed by atoms with van der Waals surface area (Å²) in [7, 11) is 0.835. The van der Waals surface area contributed by atoms with E-state index >= 15 is 0 Å². The molecule has 0 aliphatic rings. The molecule has 0 heterocycles. The fourth-order valence-electron chi connectivity index (χ4n) is 0.244. The molecular formula is C4H7NO6S2. The van der Waals surface area contributed by atoms with Gasteiger partial charge in [0, 0.05) is 0 Å². The number of nitrogens with two attached hydrogens (primary N) is 1. The summed E-state index contributed by atoms with van der Waals surface area (Å²) in [6, 6.07) is 0. The fourth-order valence-corrected chi connectivity index (χ4v) is 1.78. The van der Waals surface area contributed by atoms with Crippen LogP contribution < -0.4 is 5.90 Å². The van der Waals surface area contributed by atoms with Crippen molar-refractivity contribution < 1.29 is 29.7 Å². The standard InChI is InChI=1S/C4H7NO6S2/c5-11-2(8)4(10)13-12-3(9)1(6)7/h3-4,9-10H,5H2,(H,6,7). The topological polar surface area (TPSA) is 130 Å². The van der Waals surface area contributed by atoms with Crippen LogP contribution in [-0.2, 0) is 14.4 Å². The first kappa shape index (κ1) is 12.5. The van der Waals surface area contributed by atoms with E-state index in [1.165, 1.54) is 0 Å². The van der Waals surface area contributed by atoms with Crippen LogP contribution in [-0.4, -0.2) is 38.1 Å². The van der Waals surface area contributed by atoms with E-state index in [0.29, 0.717) is 21.6 Å². The summed E-state index contributed by atoms with van der Waals surface area (Å²) in [6.45, 7) is 0. The summed E-state index contributed by atoms with van der Waals surface area (Å²) in [5.41, 5.74) is -3.34. The summed E-state index contributed by atoms with van der Waals surface area (Å²) >= 11 is 0. The molecule has 0 fully saturated rings. The van der Waals surface area contributed by atoms with Crippen LogP contribution in [0.2, 0.25) is 0 Å². The minimum Gasteiger partial charge on any atom is -0.479 e. The highest BCUT2D eigenvalue weighted by molar-refractivity contribution is 8.77. The van der Waals surface area contributed by atoms with Gasteiger partial charge in [-0.3, -0.25) is 0 Å². The van der Waals surface area contributed by atoms with Gasteiger partial charge in [0.05, 0.1) is 0 Å². The Kier molecular flexibility index (Phi) is 5.82. The third-order valence-corrected chi connectivity index (χ3v) is 3.06. The molecule has 0 saturated heterocycles. The number of aliphatic hydroxyl groups is 2. The maximum atomic E-state index is 10.4. The maximum Gasteiger partial charge on any atom is 0.364 e. The van der Waals surface area contributed by atoms with Crippen LogP contribution in [0.15, 0.2) is 0 Å². The van der Waals surface area contributed by atoms with E-state index in [0.717, 1.165) is 0 Å². The molecule has 5 N–H and O–H groups in total. The number of rotatable bonds is 5. The summed E-state index contributed by atoms with van der Waals surface area (Å²) in [6.07, 6.45) is 0. The number of carboxylic acid groups (broad SMARTS) is 1. The van der Waals surface area contributed by atoms with Crippen LogP contribution in [0.3, 0.4) is 0 Å². The number of aliphatic carboxylic acids is 1. The Balaban J connectivity index is 3.76. The SMILES string of the molecule is NOC(=O)C(O)SSC(O)C(=O)O. The van der Waals surface area contributed by atoms with Gasteiger partial charge in [-0.2, -0.15) is 5.90 Å². The number of hydrogen-bond donors (Lipinski definition) is 4. The lowest BCUT2D eigenvalue weighted by Crippen LogP contribution is -2.23. The first-order valence-corrected chi connectivity index (χ1v) is 5.08. The average molecular weight is 229 g/mol. The van der Waals surface area contributed by atoms with Crippen LogP contribution in [0.1, 0.15) is 0 Å². The molecule has 0 bridgehead atoms. The lowest BCUT2D eigenvalue weighted by Gasteiger charge is -2.07. The van der Waals surface area contributed by atoms with Crippen molar-refractivity contribution in [3.05, 3.63) is 0 Å². The van der Waals surface area contributed by atoms with Gasteiger partial charge in [0.15, 0.2) is 0 Å². The van der Waals surface area contributed by atoms with Gasteiger partial charge in [0.1, 0.15) is 0 Å². The molecule has 7 nitrogen and oxygen atoms in total. The van der Waals surface area contributed by atoms with E-state index in [1.54, 1.807) is 0 Å². The number of carbonyl (C=O) groups excluding carboxylic acids is 1. The molecule has 0 aliphatic carbocycles. The minimum absolute atomic E-state index is 0.403. The summed E-state index contributed by atoms with van der Waals surface area (Å²) < 4.78 is 0. The van der Waals surface area contributed by atoms with Gasteiger partial charge < -0.3 is 20.2 Å². The molecule has 9 heteroatoms. The van der Waals surface area contributed by atoms with Crippen molar-refractivity contribution in [2.24, 2.45) is 5.90 Å². The van der Waals surface area contributed by atoms with Crippen molar-refractivity contribution in [2.75, 3.05) is 0 Å². The van der Waals surface area contributed by atoms with Gasteiger partial charge in [-0.05, 0) is 21.6 Å². The quantitative estimate of drug-likeness (QED) is 0.253. The average Bonchev–Trinajstić information content (AvgIpc) is 2.11. The summed E-state index contributed by atoms with van der Waals surface area (Å²) in [4.78, 5) is 24.1. The zero-order chi connectivity index (χ0) is 10.4. The largest absolute Gasteiger partial charge is 0.479 e. The molecule has 0 rings (SSSR count). The van der Waals surface area contributed by atoms with Gasteiger partial charge in [-0.15, -0.1) is 0 Å². The molecule has 13 heavy (non-hydrogen) atoms. The first-order valence-electron chi connectivity index (χ1n) is 2.80. The van der Waals surface area contributed by atoms with E-state index in [2.05, 4.69) is 10.7 Å². The molecule has 2 unspecified atom stereocenters. The highest BCUT2D eigenvalue weighted by Gasteiger charge is 2.22. The van der Waals surface area contributed by atoms with Crippen molar-refractivity contribution >= 4 is 33.5 Å². The van der Waals surface area contributed by atoms with Crippen LogP contribution in [0.5, 0.6) is 0 Å². The molecular weight excluding hydrogens is 222 g/mol. The number of aliphatic hydroxyl groups excluding tert-OH is 2. The lowest BCUT2D eigenvalue weighted by molar-refractivity contribution is -0.149. The lowest BCUT2D eigenvalue weighted by atomic mass is 10.7. The molecule has 0 spiro atoms. The zero-order valence-electron chi connectivity index (χ0n) is 6.11. The summed E-state index contributed by atoms with van der Waals surface area (Å²) in [5, 5.41) is 25.7. The Morgan fingerprint density at radius 2 is 1.69 bits per heavy atom. The van der Waals surface area contributed by atoms with Crippen molar-refractivity contribution in [1.29, 1.82) is 0 Å². The number of hydrogen-bond acceptors (Lipinski definition) is 8. The molecule has 76 valence electrons. The Morgan fingerprint density at radius 1 is 1.23 bits per heavy atom. The minimum atomic E-state index is -1.72. The molecule has 0 radical (unpaired) electrons. The normalized spacial score (nSPS) is 14.7. The highest BCUT2D eigenvalue weighted by atomic mass is 33.1. The van der Waals surface area contributed by atoms with Crippen LogP contribution in [0, 0.1) is 0 Å². The molecule has 0 aromatic rings. The summed E-state index contributed by atoms with van der Waals surface area (Å²) in [5.74, 6) is 1.85. The number of carboxylic acids is 1. The molecule has 0 amide bonds. The van der Waals surface area contributed by atoms with E-state index in [4.69, 9.17) is 15.3 Å².